The molecular weight excluding hydrogens is 198 g/mol. The summed E-state index contributed by atoms with van der Waals surface area (Å²) in [5.41, 5.74) is 1.35. The van der Waals surface area contributed by atoms with E-state index in [0.29, 0.717) is 0 Å². The maximum Gasteiger partial charge on any atom is 0.172 e. The number of anilines is 1. The van der Waals surface area contributed by atoms with Gasteiger partial charge in [-0.25, -0.2) is 0 Å². The Kier molecular flexibility index (Phi) is 2.16. The molecule has 1 aliphatic rings. The zero-order chi connectivity index (χ0) is 12.1. The van der Waals surface area contributed by atoms with Crippen LogP contribution in [0, 0.1) is 5.41 Å². The van der Waals surface area contributed by atoms with Gasteiger partial charge in [0.2, 0.25) is 0 Å². The first kappa shape index (κ1) is 11.2. The van der Waals surface area contributed by atoms with Crippen LogP contribution < -0.4 is 4.90 Å². The van der Waals surface area contributed by atoms with Gasteiger partial charge >= 0.3 is 0 Å². The molecule has 0 unspecified atom stereocenters. The standard InChI is InChI=1S/C14H19NO/c1-13(2)12(16)10-8-6-7-9-11(10)15(5)14(13,3)4/h6-9H,1-5H3. The van der Waals surface area contributed by atoms with E-state index in [-0.39, 0.29) is 16.7 Å². The van der Waals surface area contributed by atoms with E-state index in [1.807, 2.05) is 38.1 Å². The third kappa shape index (κ3) is 1.16. The van der Waals surface area contributed by atoms with Crippen molar-refractivity contribution in [3.63, 3.8) is 0 Å². The van der Waals surface area contributed by atoms with Crippen LogP contribution in [-0.4, -0.2) is 18.4 Å². The Labute approximate surface area is 97.3 Å². The summed E-state index contributed by atoms with van der Waals surface area (Å²) in [6, 6.07) is 7.85. The number of carbonyl (C=O) groups is 1. The number of fused-ring (bicyclic) bond motifs is 1. The highest BCUT2D eigenvalue weighted by Gasteiger charge is 2.50. The molecule has 0 aromatic heterocycles. The molecule has 2 heteroatoms. The van der Waals surface area contributed by atoms with Crippen molar-refractivity contribution in [2.75, 3.05) is 11.9 Å². The number of ketones is 1. The van der Waals surface area contributed by atoms with Gasteiger partial charge in [0.15, 0.2) is 5.78 Å². The van der Waals surface area contributed by atoms with Gasteiger partial charge in [0.25, 0.3) is 0 Å². The first-order chi connectivity index (χ1) is 7.30. The zero-order valence-electron chi connectivity index (χ0n) is 10.7. The van der Waals surface area contributed by atoms with Crippen LogP contribution in [0.1, 0.15) is 38.1 Å². The Balaban J connectivity index is 2.70. The van der Waals surface area contributed by atoms with Gasteiger partial charge in [-0.2, -0.15) is 0 Å². The molecule has 0 spiro atoms. The first-order valence-electron chi connectivity index (χ1n) is 5.68. The Hall–Kier alpha value is -1.31. The first-order valence-corrected chi connectivity index (χ1v) is 5.68. The Morgan fingerprint density at radius 1 is 1.06 bits per heavy atom. The van der Waals surface area contributed by atoms with Crippen molar-refractivity contribution in [2.24, 2.45) is 5.41 Å². The van der Waals surface area contributed by atoms with E-state index >= 15 is 0 Å². The number of nitrogens with zero attached hydrogens (tertiary/aromatic N) is 1. The van der Waals surface area contributed by atoms with Crippen molar-refractivity contribution in [1.82, 2.24) is 0 Å². The van der Waals surface area contributed by atoms with Crippen LogP contribution in [0.5, 0.6) is 0 Å². The summed E-state index contributed by atoms with van der Waals surface area (Å²) in [5, 5.41) is 0. The number of carbonyl (C=O) groups excluding carboxylic acids is 1. The molecule has 16 heavy (non-hydrogen) atoms. The molecule has 0 fully saturated rings. The van der Waals surface area contributed by atoms with E-state index < -0.39 is 0 Å². The Morgan fingerprint density at radius 2 is 1.62 bits per heavy atom. The van der Waals surface area contributed by atoms with Crippen LogP contribution in [0.2, 0.25) is 0 Å². The molecule has 0 aliphatic carbocycles. The van der Waals surface area contributed by atoms with Gasteiger partial charge in [0, 0.05) is 23.8 Å². The van der Waals surface area contributed by atoms with Crippen LogP contribution in [0.4, 0.5) is 5.69 Å². The highest BCUT2D eigenvalue weighted by atomic mass is 16.1. The molecule has 2 rings (SSSR count). The van der Waals surface area contributed by atoms with Gasteiger partial charge in [-0.3, -0.25) is 4.79 Å². The average Bonchev–Trinajstić information content (AvgIpc) is 2.25. The van der Waals surface area contributed by atoms with E-state index in [1.54, 1.807) is 0 Å². The van der Waals surface area contributed by atoms with Crippen molar-refractivity contribution in [3.05, 3.63) is 29.8 Å². The fourth-order valence-corrected chi connectivity index (χ4v) is 2.29. The Morgan fingerprint density at radius 3 is 2.25 bits per heavy atom. The second kappa shape index (κ2) is 3.09. The minimum Gasteiger partial charge on any atom is -0.368 e. The molecule has 0 N–H and O–H groups in total. The van der Waals surface area contributed by atoms with E-state index in [9.17, 15) is 4.79 Å². The number of hydrogen-bond donors (Lipinski definition) is 0. The normalized spacial score (nSPS) is 21.8. The third-order valence-corrected chi connectivity index (χ3v) is 4.45. The van der Waals surface area contributed by atoms with Gasteiger partial charge in [0.1, 0.15) is 0 Å². The van der Waals surface area contributed by atoms with Gasteiger partial charge in [0.05, 0.1) is 5.41 Å². The Bertz CT molecular complexity index is 446. The van der Waals surface area contributed by atoms with Crippen molar-refractivity contribution in [3.8, 4) is 0 Å². The summed E-state index contributed by atoms with van der Waals surface area (Å²) < 4.78 is 0. The summed E-state index contributed by atoms with van der Waals surface area (Å²) in [6.45, 7) is 8.31. The molecule has 86 valence electrons. The fourth-order valence-electron chi connectivity index (χ4n) is 2.29. The molecule has 0 saturated carbocycles. The number of para-hydroxylation sites is 1. The van der Waals surface area contributed by atoms with Crippen molar-refractivity contribution in [1.29, 1.82) is 0 Å². The molecule has 1 aromatic carbocycles. The minimum absolute atomic E-state index is 0.168. The summed E-state index contributed by atoms with van der Waals surface area (Å²) in [7, 11) is 2.06. The monoisotopic (exact) mass is 217 g/mol. The van der Waals surface area contributed by atoms with Crippen LogP contribution in [0.3, 0.4) is 0 Å². The van der Waals surface area contributed by atoms with Gasteiger partial charge in [-0.05, 0) is 26.0 Å². The summed E-state index contributed by atoms with van der Waals surface area (Å²) >= 11 is 0. The smallest absolute Gasteiger partial charge is 0.172 e. The molecule has 0 saturated heterocycles. The van der Waals surface area contributed by atoms with Crippen molar-refractivity contribution in [2.45, 2.75) is 33.2 Å². The lowest BCUT2D eigenvalue weighted by Crippen LogP contribution is -2.59. The van der Waals surface area contributed by atoms with Gasteiger partial charge in [-0.15, -0.1) is 0 Å². The molecule has 1 aromatic rings. The SMILES string of the molecule is CN1c2ccccc2C(=O)C(C)(C)C1(C)C. The topological polar surface area (TPSA) is 20.3 Å². The minimum atomic E-state index is -0.365. The van der Waals surface area contributed by atoms with Crippen LogP contribution in [0.25, 0.3) is 0 Å². The average molecular weight is 217 g/mol. The third-order valence-electron chi connectivity index (χ3n) is 4.45. The molecule has 0 bridgehead atoms. The lowest BCUT2D eigenvalue weighted by molar-refractivity contribution is 0.0705. The predicted octanol–water partition coefficient (Wildman–Crippen LogP) is 3.12. The molecule has 0 amide bonds. The largest absolute Gasteiger partial charge is 0.368 e. The lowest BCUT2D eigenvalue weighted by atomic mass is 9.66. The van der Waals surface area contributed by atoms with Crippen LogP contribution in [0.15, 0.2) is 24.3 Å². The molecular formula is C14H19NO. The number of benzene rings is 1. The van der Waals surface area contributed by atoms with E-state index in [2.05, 4.69) is 25.8 Å². The summed E-state index contributed by atoms with van der Waals surface area (Å²) in [6.07, 6.45) is 0. The van der Waals surface area contributed by atoms with Gasteiger partial charge < -0.3 is 4.90 Å². The second-order valence-corrected chi connectivity index (χ2v) is 5.59. The maximum absolute atomic E-state index is 12.5. The molecule has 0 atom stereocenters. The highest BCUT2D eigenvalue weighted by molar-refractivity contribution is 6.07. The number of hydrogen-bond acceptors (Lipinski definition) is 2. The molecule has 0 radical (unpaired) electrons. The van der Waals surface area contributed by atoms with E-state index in [1.165, 1.54) is 0 Å². The second-order valence-electron chi connectivity index (χ2n) is 5.59. The molecule has 2 nitrogen and oxygen atoms in total. The summed E-state index contributed by atoms with van der Waals surface area (Å²) in [4.78, 5) is 14.7. The number of rotatable bonds is 0. The highest BCUT2D eigenvalue weighted by Crippen LogP contribution is 2.46. The molecule has 1 aliphatic heterocycles. The van der Waals surface area contributed by atoms with Crippen LogP contribution >= 0.6 is 0 Å². The maximum atomic E-state index is 12.5. The number of Topliss-reactive ketones (excluding diaryl/α,β-unsaturated/α-hetero) is 1. The predicted molar refractivity (Wildman–Crippen MR) is 67.0 cm³/mol. The lowest BCUT2D eigenvalue weighted by Gasteiger charge is -2.52. The fraction of sp³-hybridized carbons (Fsp3) is 0.500. The van der Waals surface area contributed by atoms with Crippen molar-refractivity contribution >= 4 is 11.5 Å². The summed E-state index contributed by atoms with van der Waals surface area (Å²) in [5.74, 6) is 0.242. The molecule has 1 heterocycles. The quantitative estimate of drug-likeness (QED) is 0.665. The van der Waals surface area contributed by atoms with E-state index in [4.69, 9.17) is 0 Å². The van der Waals surface area contributed by atoms with Crippen molar-refractivity contribution < 1.29 is 4.79 Å². The van der Waals surface area contributed by atoms with Crippen LogP contribution in [-0.2, 0) is 0 Å². The van der Waals surface area contributed by atoms with E-state index in [0.717, 1.165) is 11.3 Å². The zero-order valence-corrected chi connectivity index (χ0v) is 10.7. The van der Waals surface area contributed by atoms with Gasteiger partial charge in [-0.1, -0.05) is 26.0 Å².